The van der Waals surface area contributed by atoms with E-state index in [2.05, 4.69) is 23.8 Å². The fourth-order valence-corrected chi connectivity index (χ4v) is 5.00. The summed E-state index contributed by atoms with van der Waals surface area (Å²) in [5, 5.41) is 4.29. The first-order chi connectivity index (χ1) is 13.4. The predicted molar refractivity (Wildman–Crippen MR) is 106 cm³/mol. The SMILES string of the molecule is C=CC1(c2ccc3c4c(cccc24)N(C2CCC(=O)NC2=O)C3=O)CN(C)C1. The van der Waals surface area contributed by atoms with E-state index in [1.807, 2.05) is 36.4 Å². The number of anilines is 1. The van der Waals surface area contributed by atoms with Gasteiger partial charge in [0.15, 0.2) is 0 Å². The van der Waals surface area contributed by atoms with Gasteiger partial charge < -0.3 is 4.90 Å². The number of rotatable bonds is 3. The molecule has 2 saturated heterocycles. The molecule has 1 N–H and O–H groups in total. The van der Waals surface area contributed by atoms with Crippen molar-refractivity contribution < 1.29 is 14.4 Å². The summed E-state index contributed by atoms with van der Waals surface area (Å²) in [5.74, 6) is -0.864. The molecule has 0 saturated carbocycles. The molecule has 3 amide bonds. The molecule has 5 rings (SSSR count). The molecule has 3 aliphatic heterocycles. The largest absolute Gasteiger partial charge is 0.304 e. The molecule has 1 atom stereocenters. The van der Waals surface area contributed by atoms with Crippen LogP contribution in [0.2, 0.25) is 0 Å². The molecule has 0 aliphatic carbocycles. The van der Waals surface area contributed by atoms with Crippen LogP contribution in [0.15, 0.2) is 43.0 Å². The first-order valence-corrected chi connectivity index (χ1v) is 9.51. The van der Waals surface area contributed by atoms with Gasteiger partial charge in [0.05, 0.1) is 5.69 Å². The summed E-state index contributed by atoms with van der Waals surface area (Å²) < 4.78 is 0. The molecule has 0 radical (unpaired) electrons. The Morgan fingerprint density at radius 3 is 2.64 bits per heavy atom. The molecule has 1 unspecified atom stereocenters. The highest BCUT2D eigenvalue weighted by atomic mass is 16.2. The monoisotopic (exact) mass is 375 g/mol. The Morgan fingerprint density at radius 1 is 1.18 bits per heavy atom. The summed E-state index contributed by atoms with van der Waals surface area (Å²) in [5.41, 5.74) is 2.41. The standard InChI is InChI=1S/C22H21N3O3/c1-3-22(11-24(2)12-22)15-8-7-14-19-13(15)5-4-6-16(19)25(21(14)28)17-9-10-18(26)23-20(17)27/h3-8,17H,1,9-12H2,2H3,(H,23,26,27). The zero-order valence-electron chi connectivity index (χ0n) is 15.7. The zero-order chi connectivity index (χ0) is 19.6. The van der Waals surface area contributed by atoms with Crippen LogP contribution >= 0.6 is 0 Å². The van der Waals surface area contributed by atoms with Crippen molar-refractivity contribution >= 4 is 34.2 Å². The van der Waals surface area contributed by atoms with E-state index in [-0.39, 0.29) is 23.7 Å². The minimum Gasteiger partial charge on any atom is -0.304 e. The average molecular weight is 375 g/mol. The van der Waals surface area contributed by atoms with Crippen LogP contribution < -0.4 is 10.2 Å². The number of hydrogen-bond acceptors (Lipinski definition) is 4. The Hall–Kier alpha value is -2.99. The van der Waals surface area contributed by atoms with Gasteiger partial charge in [-0.25, -0.2) is 0 Å². The second kappa shape index (κ2) is 5.75. The topological polar surface area (TPSA) is 69.7 Å². The highest BCUT2D eigenvalue weighted by Gasteiger charge is 2.44. The Bertz CT molecular complexity index is 1070. The third-order valence-corrected chi connectivity index (χ3v) is 6.28. The van der Waals surface area contributed by atoms with Crippen molar-refractivity contribution in [1.29, 1.82) is 0 Å². The minimum absolute atomic E-state index is 0.128. The van der Waals surface area contributed by atoms with Crippen LogP contribution in [0.1, 0.15) is 28.8 Å². The van der Waals surface area contributed by atoms with Gasteiger partial charge in [0.2, 0.25) is 11.8 Å². The second-order valence-electron chi connectivity index (χ2n) is 8.03. The lowest BCUT2D eigenvalue weighted by Gasteiger charge is -2.47. The smallest absolute Gasteiger partial charge is 0.259 e. The molecule has 2 aromatic carbocycles. The van der Waals surface area contributed by atoms with E-state index >= 15 is 0 Å². The van der Waals surface area contributed by atoms with Crippen molar-refractivity contribution in [1.82, 2.24) is 10.2 Å². The van der Waals surface area contributed by atoms with Crippen LogP contribution in [0.3, 0.4) is 0 Å². The van der Waals surface area contributed by atoms with Crippen molar-refractivity contribution in [2.24, 2.45) is 0 Å². The van der Waals surface area contributed by atoms with Crippen LogP contribution in [-0.2, 0) is 15.0 Å². The van der Waals surface area contributed by atoms with E-state index in [9.17, 15) is 14.4 Å². The van der Waals surface area contributed by atoms with Gasteiger partial charge >= 0.3 is 0 Å². The Labute approximate surface area is 162 Å². The Morgan fingerprint density at radius 2 is 1.96 bits per heavy atom. The van der Waals surface area contributed by atoms with E-state index in [1.54, 1.807) is 4.90 Å². The summed E-state index contributed by atoms with van der Waals surface area (Å²) in [7, 11) is 2.08. The number of carbonyl (C=O) groups is 3. The average Bonchev–Trinajstić information content (AvgIpc) is 2.93. The Balaban J connectivity index is 1.66. The van der Waals surface area contributed by atoms with Gasteiger partial charge in [-0.2, -0.15) is 0 Å². The molecule has 0 spiro atoms. The molecule has 0 aromatic heterocycles. The van der Waals surface area contributed by atoms with Gasteiger partial charge in [-0.1, -0.05) is 24.3 Å². The molecule has 6 heteroatoms. The molecule has 6 nitrogen and oxygen atoms in total. The fourth-order valence-electron chi connectivity index (χ4n) is 5.00. The number of likely N-dealkylation sites (tertiary alicyclic amines) is 1. The number of carbonyl (C=O) groups excluding carboxylic acids is 3. The van der Waals surface area contributed by atoms with Gasteiger partial charge in [0.25, 0.3) is 5.91 Å². The maximum atomic E-state index is 13.2. The maximum absolute atomic E-state index is 13.2. The van der Waals surface area contributed by atoms with Crippen LogP contribution in [0, 0.1) is 0 Å². The van der Waals surface area contributed by atoms with Crippen LogP contribution in [0.5, 0.6) is 0 Å². The van der Waals surface area contributed by atoms with E-state index in [4.69, 9.17) is 0 Å². The fraction of sp³-hybridized carbons (Fsp3) is 0.318. The van der Waals surface area contributed by atoms with Crippen molar-refractivity contribution in [3.63, 3.8) is 0 Å². The zero-order valence-corrected chi connectivity index (χ0v) is 15.7. The van der Waals surface area contributed by atoms with Crippen LogP contribution in [0.4, 0.5) is 5.69 Å². The number of likely N-dealkylation sites (N-methyl/N-ethyl adjacent to an activating group) is 1. The van der Waals surface area contributed by atoms with Crippen molar-refractivity contribution in [2.75, 3.05) is 25.0 Å². The predicted octanol–water partition coefficient (Wildman–Crippen LogP) is 1.97. The molecule has 0 bridgehead atoms. The van der Waals surface area contributed by atoms with E-state index in [1.165, 1.54) is 5.56 Å². The number of nitrogens with zero attached hydrogens (tertiary/aromatic N) is 2. The molecule has 2 fully saturated rings. The molecule has 28 heavy (non-hydrogen) atoms. The molecule has 3 aliphatic rings. The van der Waals surface area contributed by atoms with Crippen LogP contribution in [-0.4, -0.2) is 48.8 Å². The number of piperidine rings is 1. The van der Waals surface area contributed by atoms with Gasteiger partial charge in [0, 0.05) is 35.9 Å². The number of amides is 3. The first-order valence-electron chi connectivity index (χ1n) is 9.51. The molecule has 3 heterocycles. The number of hydrogen-bond donors (Lipinski definition) is 1. The second-order valence-corrected chi connectivity index (χ2v) is 8.03. The lowest BCUT2D eigenvalue weighted by atomic mass is 9.72. The summed E-state index contributed by atoms with van der Waals surface area (Å²) >= 11 is 0. The van der Waals surface area contributed by atoms with Crippen molar-refractivity contribution in [2.45, 2.75) is 24.3 Å². The number of benzene rings is 2. The van der Waals surface area contributed by atoms with E-state index in [0.29, 0.717) is 12.0 Å². The van der Waals surface area contributed by atoms with Gasteiger partial charge in [-0.15, -0.1) is 6.58 Å². The van der Waals surface area contributed by atoms with E-state index < -0.39 is 11.9 Å². The lowest BCUT2D eigenvalue weighted by molar-refractivity contribution is -0.134. The number of imide groups is 1. The molecular weight excluding hydrogens is 354 g/mol. The number of nitrogens with one attached hydrogen (secondary N) is 1. The van der Waals surface area contributed by atoms with Gasteiger partial charge in [0.1, 0.15) is 6.04 Å². The highest BCUT2D eigenvalue weighted by Crippen LogP contribution is 2.45. The third kappa shape index (κ3) is 2.15. The highest BCUT2D eigenvalue weighted by molar-refractivity contribution is 6.27. The molecule has 2 aromatic rings. The van der Waals surface area contributed by atoms with Gasteiger partial charge in [-0.3, -0.25) is 24.6 Å². The van der Waals surface area contributed by atoms with Crippen molar-refractivity contribution in [3.8, 4) is 0 Å². The molecular formula is C22H21N3O3. The first kappa shape index (κ1) is 17.1. The third-order valence-electron chi connectivity index (χ3n) is 6.28. The van der Waals surface area contributed by atoms with Crippen LogP contribution in [0.25, 0.3) is 10.8 Å². The quantitative estimate of drug-likeness (QED) is 0.658. The summed E-state index contributed by atoms with van der Waals surface area (Å²) in [6.45, 7) is 5.84. The lowest BCUT2D eigenvalue weighted by Crippen LogP contribution is -2.56. The molecule has 142 valence electrons. The van der Waals surface area contributed by atoms with Crippen molar-refractivity contribution in [3.05, 3.63) is 54.1 Å². The normalized spacial score (nSPS) is 23.7. The van der Waals surface area contributed by atoms with Gasteiger partial charge in [-0.05, 0) is 36.6 Å². The summed E-state index contributed by atoms with van der Waals surface area (Å²) in [6.07, 6.45) is 2.59. The Kier molecular flexibility index (Phi) is 3.52. The maximum Gasteiger partial charge on any atom is 0.259 e. The van der Waals surface area contributed by atoms with E-state index in [0.717, 1.165) is 29.5 Å². The minimum atomic E-state index is -0.658. The summed E-state index contributed by atoms with van der Waals surface area (Å²) in [6, 6.07) is 9.11. The summed E-state index contributed by atoms with van der Waals surface area (Å²) in [4.78, 5) is 41.0.